The molecule has 3 atom stereocenters. The summed E-state index contributed by atoms with van der Waals surface area (Å²) in [6.45, 7) is 5.02. The molecule has 1 saturated heterocycles. The third-order valence-corrected chi connectivity index (χ3v) is 5.72. The number of benzene rings is 1. The van der Waals surface area contributed by atoms with Crippen LogP contribution in [0.15, 0.2) is 36.9 Å². The molecule has 5 heteroatoms. The Morgan fingerprint density at radius 2 is 2.24 bits per heavy atom. The lowest BCUT2D eigenvalue weighted by Gasteiger charge is -2.45. The van der Waals surface area contributed by atoms with Gasteiger partial charge in [0.15, 0.2) is 0 Å². The average molecular weight is 341 g/mol. The molecule has 4 rings (SSSR count). The second-order valence-electron chi connectivity index (χ2n) is 7.20. The highest BCUT2D eigenvalue weighted by Crippen LogP contribution is 2.31. The smallest absolute Gasteiger partial charge is 0.0991 e. The first-order chi connectivity index (χ1) is 12.2. The summed E-state index contributed by atoms with van der Waals surface area (Å²) in [6.07, 6.45) is 9.67. The van der Waals surface area contributed by atoms with Gasteiger partial charge in [-0.2, -0.15) is 0 Å². The Hall–Kier alpha value is -1.69. The summed E-state index contributed by atoms with van der Waals surface area (Å²) in [6, 6.07) is 7.15. The molecule has 0 spiro atoms. The van der Waals surface area contributed by atoms with E-state index >= 15 is 0 Å². The Balaban J connectivity index is 1.50. The minimum atomic E-state index is 0.366. The van der Waals surface area contributed by atoms with Crippen LogP contribution in [0.25, 0.3) is 5.69 Å². The molecule has 1 saturated carbocycles. The van der Waals surface area contributed by atoms with Crippen LogP contribution in [0.4, 0.5) is 0 Å². The number of hydrogen-bond acceptors (Lipinski definition) is 4. The molecular formula is C20H27N3O2. The highest BCUT2D eigenvalue weighted by molar-refractivity contribution is 5.40. The third kappa shape index (κ3) is 3.50. The number of aromatic nitrogens is 2. The number of imidazole rings is 1. The first-order valence-electron chi connectivity index (χ1n) is 9.21. The number of hydrogen-bond donors (Lipinski definition) is 0. The third-order valence-electron chi connectivity index (χ3n) is 5.72. The normalized spacial score (nSPS) is 27.2. The number of morpholine rings is 1. The van der Waals surface area contributed by atoms with E-state index in [1.54, 1.807) is 0 Å². The first kappa shape index (κ1) is 16.8. The van der Waals surface area contributed by atoms with Crippen molar-refractivity contribution in [2.75, 3.05) is 20.3 Å². The van der Waals surface area contributed by atoms with Gasteiger partial charge in [-0.25, -0.2) is 4.98 Å². The van der Waals surface area contributed by atoms with Gasteiger partial charge in [-0.15, -0.1) is 0 Å². The van der Waals surface area contributed by atoms with Crippen molar-refractivity contribution in [2.45, 2.75) is 51.0 Å². The summed E-state index contributed by atoms with van der Waals surface area (Å²) in [5.41, 5.74) is 3.88. The Bertz CT molecular complexity index is 701. The monoisotopic (exact) mass is 341 g/mol. The van der Waals surface area contributed by atoms with Gasteiger partial charge >= 0.3 is 0 Å². The van der Waals surface area contributed by atoms with Crippen molar-refractivity contribution in [3.63, 3.8) is 0 Å². The van der Waals surface area contributed by atoms with Gasteiger partial charge in [-0.3, -0.25) is 4.90 Å². The molecule has 2 aliphatic rings. The van der Waals surface area contributed by atoms with Crippen LogP contribution in [0.5, 0.6) is 0 Å². The van der Waals surface area contributed by atoms with Crippen LogP contribution in [0.3, 0.4) is 0 Å². The molecule has 3 unspecified atom stereocenters. The maximum atomic E-state index is 6.03. The molecule has 0 amide bonds. The molecule has 134 valence electrons. The van der Waals surface area contributed by atoms with Crippen molar-refractivity contribution in [2.24, 2.45) is 0 Å². The molecule has 0 N–H and O–H groups in total. The predicted octanol–water partition coefficient (Wildman–Crippen LogP) is 2.95. The average Bonchev–Trinajstić information content (AvgIpc) is 3.18. The van der Waals surface area contributed by atoms with E-state index in [0.29, 0.717) is 18.2 Å². The summed E-state index contributed by atoms with van der Waals surface area (Å²) in [4.78, 5) is 6.73. The number of nitrogens with zero attached hydrogens (tertiary/aromatic N) is 3. The number of rotatable bonds is 4. The SMILES string of the molecule is COC1CCC2OCCN(Cc3ccc(-n4ccnc4)cc3C)C2C1. The minimum Gasteiger partial charge on any atom is -0.381 e. The van der Waals surface area contributed by atoms with E-state index in [1.807, 2.05) is 30.4 Å². The molecule has 25 heavy (non-hydrogen) atoms. The van der Waals surface area contributed by atoms with Crippen molar-refractivity contribution in [3.05, 3.63) is 48.0 Å². The number of fused-ring (bicyclic) bond motifs is 1. The molecule has 2 aromatic rings. The molecule has 2 heterocycles. The molecule has 1 aromatic heterocycles. The lowest BCUT2D eigenvalue weighted by molar-refractivity contribution is -0.116. The van der Waals surface area contributed by atoms with Crippen molar-refractivity contribution >= 4 is 0 Å². The highest BCUT2D eigenvalue weighted by atomic mass is 16.5. The van der Waals surface area contributed by atoms with E-state index in [4.69, 9.17) is 9.47 Å². The van der Waals surface area contributed by atoms with Gasteiger partial charge in [0.1, 0.15) is 0 Å². The molecule has 1 aromatic carbocycles. The number of ether oxygens (including phenoxy) is 2. The van der Waals surface area contributed by atoms with Crippen molar-refractivity contribution < 1.29 is 9.47 Å². The largest absolute Gasteiger partial charge is 0.381 e. The Morgan fingerprint density at radius 3 is 3.00 bits per heavy atom. The Labute approximate surface area is 149 Å². The predicted molar refractivity (Wildman–Crippen MR) is 96.9 cm³/mol. The maximum Gasteiger partial charge on any atom is 0.0991 e. The van der Waals surface area contributed by atoms with Crippen LogP contribution in [-0.2, 0) is 16.0 Å². The lowest BCUT2D eigenvalue weighted by Crippen LogP contribution is -2.54. The van der Waals surface area contributed by atoms with Crippen molar-refractivity contribution in [1.82, 2.24) is 14.5 Å². The van der Waals surface area contributed by atoms with Gasteiger partial charge in [0.25, 0.3) is 0 Å². The molecule has 2 fully saturated rings. The zero-order valence-corrected chi connectivity index (χ0v) is 15.1. The van der Waals surface area contributed by atoms with Crippen molar-refractivity contribution in [3.8, 4) is 5.69 Å². The minimum absolute atomic E-state index is 0.366. The Morgan fingerprint density at radius 1 is 1.32 bits per heavy atom. The molecule has 1 aliphatic heterocycles. The van der Waals surface area contributed by atoms with Crippen LogP contribution in [-0.4, -0.2) is 53.0 Å². The summed E-state index contributed by atoms with van der Waals surface area (Å²) >= 11 is 0. The first-order valence-corrected chi connectivity index (χ1v) is 9.21. The summed E-state index contributed by atoms with van der Waals surface area (Å²) in [5.74, 6) is 0. The molecule has 5 nitrogen and oxygen atoms in total. The molecule has 0 radical (unpaired) electrons. The molecule has 0 bridgehead atoms. The second kappa shape index (κ2) is 7.28. The molecular weight excluding hydrogens is 314 g/mol. The van der Waals surface area contributed by atoms with Crippen LogP contribution in [0.1, 0.15) is 30.4 Å². The molecule has 1 aliphatic carbocycles. The van der Waals surface area contributed by atoms with E-state index in [2.05, 4.69) is 35.0 Å². The van der Waals surface area contributed by atoms with Crippen LogP contribution < -0.4 is 0 Å². The summed E-state index contributed by atoms with van der Waals surface area (Å²) < 4.78 is 13.7. The fourth-order valence-electron chi connectivity index (χ4n) is 4.21. The fourth-order valence-corrected chi connectivity index (χ4v) is 4.21. The summed E-state index contributed by atoms with van der Waals surface area (Å²) in [5, 5.41) is 0. The fraction of sp³-hybridized carbons (Fsp3) is 0.550. The van der Waals surface area contributed by atoms with E-state index in [-0.39, 0.29) is 0 Å². The van der Waals surface area contributed by atoms with Gasteiger partial charge in [0.05, 0.1) is 25.1 Å². The van der Waals surface area contributed by atoms with Crippen LogP contribution in [0.2, 0.25) is 0 Å². The zero-order chi connectivity index (χ0) is 17.2. The lowest BCUT2D eigenvalue weighted by atomic mass is 9.87. The van der Waals surface area contributed by atoms with E-state index in [9.17, 15) is 0 Å². The standard InChI is InChI=1S/C20H27N3O2/c1-15-11-17(23-8-7-21-14-23)4-3-16(15)13-22-9-10-25-20-6-5-18(24-2)12-19(20)22/h3-4,7-8,11,14,18-20H,5-6,9-10,12-13H2,1-2H3. The van der Waals surface area contributed by atoms with Gasteiger partial charge in [-0.05, 0) is 49.4 Å². The zero-order valence-electron chi connectivity index (χ0n) is 15.1. The Kier molecular flexibility index (Phi) is 4.88. The second-order valence-corrected chi connectivity index (χ2v) is 7.20. The summed E-state index contributed by atoms with van der Waals surface area (Å²) in [7, 11) is 1.83. The van der Waals surface area contributed by atoms with Gasteiger partial charge in [0, 0.05) is 44.3 Å². The highest BCUT2D eigenvalue weighted by Gasteiger charge is 2.37. The maximum absolute atomic E-state index is 6.03. The van der Waals surface area contributed by atoms with Crippen LogP contribution in [0, 0.1) is 6.92 Å². The van der Waals surface area contributed by atoms with Gasteiger partial charge in [0.2, 0.25) is 0 Å². The van der Waals surface area contributed by atoms with E-state index < -0.39 is 0 Å². The quantitative estimate of drug-likeness (QED) is 0.857. The van der Waals surface area contributed by atoms with Gasteiger partial charge < -0.3 is 14.0 Å². The van der Waals surface area contributed by atoms with Gasteiger partial charge in [-0.1, -0.05) is 6.07 Å². The topological polar surface area (TPSA) is 39.5 Å². The van der Waals surface area contributed by atoms with E-state index in [1.165, 1.54) is 11.1 Å². The van der Waals surface area contributed by atoms with Crippen LogP contribution >= 0.6 is 0 Å². The number of aryl methyl sites for hydroxylation is 1. The van der Waals surface area contributed by atoms with Crippen molar-refractivity contribution in [1.29, 1.82) is 0 Å². The van der Waals surface area contributed by atoms with E-state index in [0.717, 1.165) is 44.6 Å². The number of methoxy groups -OCH3 is 1.